The number of hydrogen-bond acceptors (Lipinski definition) is 3. The van der Waals surface area contributed by atoms with Gasteiger partial charge in [-0.25, -0.2) is 8.42 Å². The first-order valence-electron chi connectivity index (χ1n) is 9.03. The van der Waals surface area contributed by atoms with Crippen LogP contribution in [0.2, 0.25) is 5.02 Å². The Morgan fingerprint density at radius 3 is 2.65 bits per heavy atom. The van der Waals surface area contributed by atoms with Gasteiger partial charge in [0.05, 0.1) is 4.90 Å². The van der Waals surface area contributed by atoms with Crippen LogP contribution < -0.4 is 10.0 Å². The normalized spacial score (nSPS) is 16.2. The second kappa shape index (κ2) is 9.53. The minimum absolute atomic E-state index is 0.0517. The Morgan fingerprint density at radius 1 is 1.27 bits per heavy atom. The molecule has 0 fully saturated rings. The molecular weight excluding hydrogens is 372 g/mol. The smallest absolute Gasteiger partial charge is 0.241 e. The Hall–Kier alpha value is -1.37. The quantitative estimate of drug-likeness (QED) is 0.656. The minimum atomic E-state index is -3.82. The minimum Gasteiger partial charge on any atom is -0.354 e. The number of halogens is 1. The number of allylic oxidation sites excluding steroid dienone is 1. The average molecular weight is 399 g/mol. The maximum absolute atomic E-state index is 12.6. The number of rotatable bonds is 8. The van der Waals surface area contributed by atoms with E-state index in [1.54, 1.807) is 12.1 Å². The molecule has 0 bridgehead atoms. The zero-order chi connectivity index (χ0) is 19.2. The first-order chi connectivity index (χ1) is 12.3. The van der Waals surface area contributed by atoms with Crippen molar-refractivity contribution in [3.63, 3.8) is 0 Å². The largest absolute Gasteiger partial charge is 0.354 e. The number of sulfonamides is 1. The summed E-state index contributed by atoms with van der Waals surface area (Å²) >= 11 is 5.88. The molecule has 1 aliphatic carbocycles. The molecule has 1 aromatic carbocycles. The maximum atomic E-state index is 12.6. The molecule has 7 heteroatoms. The Balaban J connectivity index is 1.98. The molecule has 0 aromatic heterocycles. The monoisotopic (exact) mass is 398 g/mol. The first-order valence-corrected chi connectivity index (χ1v) is 10.9. The molecule has 1 aromatic rings. The van der Waals surface area contributed by atoms with Gasteiger partial charge in [0.25, 0.3) is 0 Å². The number of amides is 1. The van der Waals surface area contributed by atoms with Crippen LogP contribution in [0.5, 0.6) is 0 Å². The molecular formula is C19H27ClN2O3S. The number of hydrogen-bond donors (Lipinski definition) is 2. The van der Waals surface area contributed by atoms with E-state index >= 15 is 0 Å². The van der Waals surface area contributed by atoms with Crippen LogP contribution in [0.15, 0.2) is 40.8 Å². The van der Waals surface area contributed by atoms with Crippen molar-refractivity contribution in [2.24, 2.45) is 5.92 Å². The van der Waals surface area contributed by atoms with Crippen LogP contribution in [0.25, 0.3) is 0 Å². The number of nitrogens with one attached hydrogen (secondary N) is 2. The van der Waals surface area contributed by atoms with E-state index in [2.05, 4.69) is 16.1 Å². The second-order valence-corrected chi connectivity index (χ2v) is 9.10. The second-order valence-electron chi connectivity index (χ2n) is 6.95. The maximum Gasteiger partial charge on any atom is 0.241 e. The third-order valence-corrected chi connectivity index (χ3v) is 6.14. The van der Waals surface area contributed by atoms with Crippen LogP contribution in [0.1, 0.15) is 46.0 Å². The lowest BCUT2D eigenvalue weighted by molar-refractivity contribution is -0.123. The molecule has 0 spiro atoms. The van der Waals surface area contributed by atoms with Gasteiger partial charge in [-0.2, -0.15) is 4.72 Å². The fourth-order valence-corrected chi connectivity index (χ4v) is 4.59. The predicted octanol–water partition coefficient (Wildman–Crippen LogP) is 3.65. The van der Waals surface area contributed by atoms with Crippen LogP contribution >= 0.6 is 11.6 Å². The van der Waals surface area contributed by atoms with E-state index < -0.39 is 16.1 Å². The van der Waals surface area contributed by atoms with Crippen molar-refractivity contribution in [2.75, 3.05) is 6.54 Å². The number of carbonyl (C=O) groups is 1. The molecule has 0 radical (unpaired) electrons. The number of carbonyl (C=O) groups excluding carboxylic acids is 1. The molecule has 0 aliphatic heterocycles. The average Bonchev–Trinajstić information content (AvgIpc) is 2.60. The molecule has 1 amide bonds. The molecule has 0 saturated heterocycles. The standard InChI is InChI=1S/C19H27ClN2O3S/c1-14(2)18(19(23)21-12-11-15-7-4-3-5-8-15)22-26(24,25)17-10-6-9-16(20)13-17/h6-7,9-10,13-14,18,22H,3-5,8,11-12H2,1-2H3,(H,21,23)/t18-/m0/s1. The van der Waals surface area contributed by atoms with Crippen LogP contribution in [0.3, 0.4) is 0 Å². The van der Waals surface area contributed by atoms with E-state index in [9.17, 15) is 13.2 Å². The van der Waals surface area contributed by atoms with Crippen LogP contribution in [-0.2, 0) is 14.8 Å². The summed E-state index contributed by atoms with van der Waals surface area (Å²) in [7, 11) is -3.82. The fourth-order valence-electron chi connectivity index (χ4n) is 2.95. The third kappa shape index (κ3) is 6.11. The molecule has 2 N–H and O–H groups in total. The topological polar surface area (TPSA) is 75.3 Å². The molecule has 2 rings (SSSR count). The highest BCUT2D eigenvalue weighted by atomic mass is 35.5. The van der Waals surface area contributed by atoms with Gasteiger partial charge in [-0.3, -0.25) is 4.79 Å². The van der Waals surface area contributed by atoms with E-state index in [1.165, 1.54) is 30.5 Å². The summed E-state index contributed by atoms with van der Waals surface area (Å²) in [6.45, 7) is 4.15. The Morgan fingerprint density at radius 2 is 2.04 bits per heavy atom. The van der Waals surface area contributed by atoms with Gasteiger partial charge in [0, 0.05) is 11.6 Å². The Kier molecular flexibility index (Phi) is 7.68. The lowest BCUT2D eigenvalue weighted by Crippen LogP contribution is -2.49. The molecule has 1 aliphatic rings. The van der Waals surface area contributed by atoms with E-state index in [1.807, 2.05) is 13.8 Å². The van der Waals surface area contributed by atoms with Gasteiger partial charge in [-0.1, -0.05) is 43.2 Å². The summed E-state index contributed by atoms with van der Waals surface area (Å²) < 4.78 is 27.6. The van der Waals surface area contributed by atoms with E-state index in [0.717, 1.165) is 19.3 Å². The molecule has 0 saturated carbocycles. The molecule has 5 nitrogen and oxygen atoms in total. The van der Waals surface area contributed by atoms with Crippen LogP contribution in [0.4, 0.5) is 0 Å². The zero-order valence-corrected chi connectivity index (χ0v) is 16.9. The highest BCUT2D eigenvalue weighted by molar-refractivity contribution is 7.89. The molecule has 0 heterocycles. The Bertz CT molecular complexity index is 760. The lowest BCUT2D eigenvalue weighted by atomic mass is 9.97. The highest BCUT2D eigenvalue weighted by Crippen LogP contribution is 2.20. The lowest BCUT2D eigenvalue weighted by Gasteiger charge is -2.22. The van der Waals surface area contributed by atoms with Crippen LogP contribution in [0, 0.1) is 5.92 Å². The van der Waals surface area contributed by atoms with Crippen molar-refractivity contribution in [1.29, 1.82) is 0 Å². The van der Waals surface area contributed by atoms with Crippen molar-refractivity contribution in [1.82, 2.24) is 10.0 Å². The highest BCUT2D eigenvalue weighted by Gasteiger charge is 2.28. The van der Waals surface area contributed by atoms with Gasteiger partial charge in [0.1, 0.15) is 6.04 Å². The third-order valence-electron chi connectivity index (χ3n) is 4.47. The van der Waals surface area contributed by atoms with Gasteiger partial charge in [-0.15, -0.1) is 0 Å². The van der Waals surface area contributed by atoms with Crippen molar-refractivity contribution in [3.05, 3.63) is 40.9 Å². The fraction of sp³-hybridized carbons (Fsp3) is 0.526. The summed E-state index contributed by atoms with van der Waals surface area (Å²) in [5.74, 6) is -0.486. The van der Waals surface area contributed by atoms with Gasteiger partial charge < -0.3 is 5.32 Å². The summed E-state index contributed by atoms with van der Waals surface area (Å²) in [5, 5.41) is 3.20. The van der Waals surface area contributed by atoms with Crippen molar-refractivity contribution in [3.8, 4) is 0 Å². The van der Waals surface area contributed by atoms with Crippen molar-refractivity contribution in [2.45, 2.75) is 56.9 Å². The van der Waals surface area contributed by atoms with Gasteiger partial charge in [-0.05, 0) is 56.2 Å². The van der Waals surface area contributed by atoms with Gasteiger partial charge >= 0.3 is 0 Å². The van der Waals surface area contributed by atoms with Gasteiger partial charge in [0.15, 0.2) is 0 Å². The first kappa shape index (κ1) is 20.9. The summed E-state index contributed by atoms with van der Waals surface area (Å²) in [6, 6.07) is 5.17. The SMILES string of the molecule is CC(C)[C@H](NS(=O)(=O)c1cccc(Cl)c1)C(=O)NCCC1=CCCCC1. The van der Waals surface area contributed by atoms with Crippen molar-refractivity contribution >= 4 is 27.5 Å². The summed E-state index contributed by atoms with van der Waals surface area (Å²) in [6.07, 6.45) is 7.70. The van der Waals surface area contributed by atoms with Crippen molar-refractivity contribution < 1.29 is 13.2 Å². The number of benzene rings is 1. The zero-order valence-electron chi connectivity index (χ0n) is 15.3. The molecule has 1 atom stereocenters. The van der Waals surface area contributed by atoms with Crippen LogP contribution in [-0.4, -0.2) is 26.9 Å². The molecule has 144 valence electrons. The predicted molar refractivity (Wildman–Crippen MR) is 105 cm³/mol. The van der Waals surface area contributed by atoms with Gasteiger partial charge in [0.2, 0.25) is 15.9 Å². The molecule has 0 unspecified atom stereocenters. The summed E-state index contributed by atoms with van der Waals surface area (Å²) in [4.78, 5) is 12.6. The molecule has 26 heavy (non-hydrogen) atoms. The summed E-state index contributed by atoms with van der Waals surface area (Å²) in [5.41, 5.74) is 1.37. The van der Waals surface area contributed by atoms with E-state index in [0.29, 0.717) is 11.6 Å². The Labute approximate surface area is 161 Å². The van der Waals surface area contributed by atoms with E-state index in [-0.39, 0.29) is 16.7 Å². The van der Waals surface area contributed by atoms with E-state index in [4.69, 9.17) is 11.6 Å².